The van der Waals surface area contributed by atoms with Gasteiger partial charge in [-0.05, 0) is 49.2 Å². The normalized spacial score (nSPS) is 24.1. The summed E-state index contributed by atoms with van der Waals surface area (Å²) in [4.78, 5) is 12.4. The molecule has 2 unspecified atom stereocenters. The van der Waals surface area contributed by atoms with Crippen LogP contribution in [0.15, 0.2) is 11.4 Å². The van der Waals surface area contributed by atoms with Crippen LogP contribution in [-0.2, 0) is 11.3 Å². The monoisotopic (exact) mass is 253 g/mol. The van der Waals surface area contributed by atoms with Gasteiger partial charge in [0, 0.05) is 11.4 Å². The first-order valence-electron chi connectivity index (χ1n) is 6.15. The predicted molar refractivity (Wildman–Crippen MR) is 69.2 cm³/mol. The number of aliphatic carboxylic acids is 1. The van der Waals surface area contributed by atoms with Crippen molar-refractivity contribution in [2.75, 3.05) is 6.54 Å². The first kappa shape index (κ1) is 12.6. The Morgan fingerprint density at radius 1 is 1.59 bits per heavy atom. The van der Waals surface area contributed by atoms with Gasteiger partial charge >= 0.3 is 5.97 Å². The van der Waals surface area contributed by atoms with Crippen molar-refractivity contribution < 1.29 is 9.90 Å². The van der Waals surface area contributed by atoms with E-state index in [-0.39, 0.29) is 5.92 Å². The Morgan fingerprint density at radius 2 is 2.41 bits per heavy atom. The first-order valence-corrected chi connectivity index (χ1v) is 7.03. The van der Waals surface area contributed by atoms with Crippen LogP contribution in [0.25, 0.3) is 0 Å². The van der Waals surface area contributed by atoms with Crippen molar-refractivity contribution >= 4 is 17.3 Å². The quantitative estimate of drug-likeness (QED) is 0.848. The van der Waals surface area contributed by atoms with E-state index in [1.54, 1.807) is 11.3 Å². The molecule has 2 rings (SSSR count). The molecule has 0 spiro atoms. The zero-order chi connectivity index (χ0) is 12.3. The van der Waals surface area contributed by atoms with Crippen LogP contribution in [-0.4, -0.2) is 17.6 Å². The van der Waals surface area contributed by atoms with Gasteiger partial charge in [0.25, 0.3) is 0 Å². The molecule has 17 heavy (non-hydrogen) atoms. The molecule has 0 aromatic carbocycles. The zero-order valence-electron chi connectivity index (χ0n) is 10.1. The maximum Gasteiger partial charge on any atom is 0.306 e. The minimum Gasteiger partial charge on any atom is -0.481 e. The molecule has 3 nitrogen and oxygen atoms in total. The summed E-state index contributed by atoms with van der Waals surface area (Å²) in [7, 11) is 0. The lowest BCUT2D eigenvalue weighted by Crippen LogP contribution is -2.28. The van der Waals surface area contributed by atoms with Gasteiger partial charge in [-0.2, -0.15) is 0 Å². The second kappa shape index (κ2) is 5.65. The molecule has 0 amide bonds. The minimum atomic E-state index is -0.624. The van der Waals surface area contributed by atoms with E-state index in [9.17, 15) is 4.79 Å². The van der Waals surface area contributed by atoms with Crippen LogP contribution in [0.2, 0.25) is 0 Å². The van der Waals surface area contributed by atoms with E-state index in [0.717, 1.165) is 32.4 Å². The van der Waals surface area contributed by atoms with Gasteiger partial charge < -0.3 is 10.4 Å². The third kappa shape index (κ3) is 3.07. The van der Waals surface area contributed by atoms with Crippen molar-refractivity contribution in [3.05, 3.63) is 21.9 Å². The fraction of sp³-hybridized carbons (Fsp3) is 0.615. The number of hydrogen-bond donors (Lipinski definition) is 2. The van der Waals surface area contributed by atoms with Gasteiger partial charge in [0.1, 0.15) is 0 Å². The summed E-state index contributed by atoms with van der Waals surface area (Å²) in [6, 6.07) is 2.12. The molecule has 1 aliphatic rings. The zero-order valence-corrected chi connectivity index (χ0v) is 10.9. The van der Waals surface area contributed by atoms with Crippen molar-refractivity contribution in [2.24, 2.45) is 11.8 Å². The highest BCUT2D eigenvalue weighted by molar-refractivity contribution is 7.10. The van der Waals surface area contributed by atoms with Gasteiger partial charge in [0.05, 0.1) is 5.92 Å². The Morgan fingerprint density at radius 3 is 3.06 bits per heavy atom. The van der Waals surface area contributed by atoms with Crippen LogP contribution < -0.4 is 5.32 Å². The minimum absolute atomic E-state index is 0.132. The third-order valence-electron chi connectivity index (χ3n) is 3.64. The summed E-state index contributed by atoms with van der Waals surface area (Å²) in [6.07, 6.45) is 2.95. The number of carboxylic acids is 1. The highest BCUT2D eigenvalue weighted by Crippen LogP contribution is 2.31. The largest absolute Gasteiger partial charge is 0.481 e. The van der Waals surface area contributed by atoms with Crippen LogP contribution in [0.3, 0.4) is 0 Å². The number of thiophene rings is 1. The van der Waals surface area contributed by atoms with E-state index < -0.39 is 5.97 Å². The molecule has 0 saturated heterocycles. The van der Waals surface area contributed by atoms with Crippen molar-refractivity contribution in [1.29, 1.82) is 0 Å². The van der Waals surface area contributed by atoms with Gasteiger partial charge in [-0.25, -0.2) is 0 Å². The molecule has 0 bridgehead atoms. The molecular formula is C13H19NO2S. The first-order chi connectivity index (χ1) is 8.18. The van der Waals surface area contributed by atoms with E-state index in [4.69, 9.17) is 5.11 Å². The fourth-order valence-electron chi connectivity index (χ4n) is 2.56. The Bertz CT molecular complexity index is 389. The maximum absolute atomic E-state index is 11.0. The Hall–Kier alpha value is -0.870. The molecule has 1 fully saturated rings. The smallest absolute Gasteiger partial charge is 0.306 e. The third-order valence-corrected chi connectivity index (χ3v) is 4.66. The van der Waals surface area contributed by atoms with Crippen LogP contribution in [0.5, 0.6) is 0 Å². The highest BCUT2D eigenvalue weighted by atomic mass is 32.1. The van der Waals surface area contributed by atoms with Crippen LogP contribution in [0, 0.1) is 18.8 Å². The molecule has 0 radical (unpaired) electrons. The molecule has 0 aliphatic heterocycles. The molecule has 4 heteroatoms. The van der Waals surface area contributed by atoms with Crippen LogP contribution >= 0.6 is 11.3 Å². The van der Waals surface area contributed by atoms with Crippen molar-refractivity contribution in [1.82, 2.24) is 5.32 Å². The molecule has 1 heterocycles. The summed E-state index contributed by atoms with van der Waals surface area (Å²) >= 11 is 1.76. The summed E-state index contributed by atoms with van der Waals surface area (Å²) < 4.78 is 0. The topological polar surface area (TPSA) is 49.3 Å². The molecule has 1 aromatic rings. The van der Waals surface area contributed by atoms with Gasteiger partial charge in [0.2, 0.25) is 0 Å². The Labute approximate surface area is 106 Å². The van der Waals surface area contributed by atoms with E-state index in [0.29, 0.717) is 5.92 Å². The van der Waals surface area contributed by atoms with E-state index >= 15 is 0 Å². The number of aryl methyl sites for hydroxylation is 1. The number of carboxylic acid groups (broad SMARTS) is 1. The van der Waals surface area contributed by atoms with Gasteiger partial charge in [0.15, 0.2) is 0 Å². The SMILES string of the molecule is Cc1ccsc1CNCC1CCCC1C(=O)O. The van der Waals surface area contributed by atoms with Gasteiger partial charge in [-0.3, -0.25) is 4.79 Å². The lowest BCUT2D eigenvalue weighted by molar-refractivity contribution is -0.142. The second-order valence-corrected chi connectivity index (χ2v) is 5.79. The predicted octanol–water partition coefficient (Wildman–Crippen LogP) is 2.65. The summed E-state index contributed by atoms with van der Waals surface area (Å²) in [5.74, 6) is -0.443. The number of rotatable bonds is 5. The second-order valence-electron chi connectivity index (χ2n) is 4.79. The van der Waals surface area contributed by atoms with Crippen molar-refractivity contribution in [2.45, 2.75) is 32.7 Å². The Balaban J connectivity index is 1.79. The lowest BCUT2D eigenvalue weighted by Gasteiger charge is -2.16. The molecule has 1 saturated carbocycles. The maximum atomic E-state index is 11.0. The summed E-state index contributed by atoms with van der Waals surface area (Å²) in [5, 5.41) is 14.6. The van der Waals surface area contributed by atoms with E-state index in [1.165, 1.54) is 10.4 Å². The summed E-state index contributed by atoms with van der Waals surface area (Å²) in [5.41, 5.74) is 1.32. The molecule has 1 aromatic heterocycles. The van der Waals surface area contributed by atoms with Crippen molar-refractivity contribution in [3.8, 4) is 0 Å². The molecule has 2 N–H and O–H groups in total. The molecule has 94 valence electrons. The average Bonchev–Trinajstić information content (AvgIpc) is 2.88. The van der Waals surface area contributed by atoms with Gasteiger partial charge in [-0.1, -0.05) is 6.42 Å². The molecule has 1 aliphatic carbocycles. The number of nitrogens with one attached hydrogen (secondary N) is 1. The number of hydrogen-bond acceptors (Lipinski definition) is 3. The van der Waals surface area contributed by atoms with Crippen LogP contribution in [0.4, 0.5) is 0 Å². The fourth-order valence-corrected chi connectivity index (χ4v) is 3.44. The highest BCUT2D eigenvalue weighted by Gasteiger charge is 2.32. The summed E-state index contributed by atoms with van der Waals surface area (Å²) in [6.45, 7) is 3.81. The molecule has 2 atom stereocenters. The van der Waals surface area contributed by atoms with Crippen molar-refractivity contribution in [3.63, 3.8) is 0 Å². The lowest BCUT2D eigenvalue weighted by atomic mass is 9.96. The average molecular weight is 253 g/mol. The van der Waals surface area contributed by atoms with Gasteiger partial charge in [-0.15, -0.1) is 11.3 Å². The van der Waals surface area contributed by atoms with E-state index in [1.807, 2.05) is 0 Å². The number of carbonyl (C=O) groups is 1. The van der Waals surface area contributed by atoms with Crippen LogP contribution in [0.1, 0.15) is 29.7 Å². The molecular weight excluding hydrogens is 234 g/mol. The standard InChI is InChI=1S/C13H19NO2S/c1-9-5-6-17-12(9)8-14-7-10-3-2-4-11(10)13(15)16/h5-6,10-11,14H,2-4,7-8H2,1H3,(H,15,16). The van der Waals surface area contributed by atoms with E-state index in [2.05, 4.69) is 23.7 Å². The Kier molecular flexibility index (Phi) is 4.18.